The molecule has 1 aliphatic rings. The predicted octanol–water partition coefficient (Wildman–Crippen LogP) is 3.91. The summed E-state index contributed by atoms with van der Waals surface area (Å²) in [5, 5.41) is 0. The Morgan fingerprint density at radius 2 is 2.12 bits per heavy atom. The third kappa shape index (κ3) is 2.59. The Hall–Kier alpha value is -0.700. The van der Waals surface area contributed by atoms with Gasteiger partial charge < -0.3 is 9.05 Å². The average Bonchev–Trinajstić information content (AvgIpc) is 2.29. The van der Waals surface area contributed by atoms with Gasteiger partial charge in [0.2, 0.25) is 0 Å². The van der Waals surface area contributed by atoms with Gasteiger partial charge in [-0.25, -0.2) is 4.39 Å². The van der Waals surface area contributed by atoms with Gasteiger partial charge in [-0.2, -0.15) is 0 Å². The number of hydrogen-bond donors (Lipinski definition) is 0. The molecule has 1 saturated heterocycles. The smallest absolute Gasteiger partial charge is 0.308 e. The van der Waals surface area contributed by atoms with Crippen molar-refractivity contribution in [2.45, 2.75) is 32.0 Å². The molecule has 1 aliphatic heterocycles. The lowest BCUT2D eigenvalue weighted by molar-refractivity contribution is 0.0760. The predicted molar refractivity (Wildman–Crippen MR) is 63.5 cm³/mol. The van der Waals surface area contributed by atoms with Crippen LogP contribution in [0.5, 0.6) is 0 Å². The van der Waals surface area contributed by atoms with E-state index in [2.05, 4.69) is 0 Å². The lowest BCUT2D eigenvalue weighted by Gasteiger charge is -2.32. The molecule has 2 rings (SSSR count). The fourth-order valence-electron chi connectivity index (χ4n) is 1.77. The van der Waals surface area contributed by atoms with Crippen molar-refractivity contribution in [3.8, 4) is 0 Å². The minimum Gasteiger partial charge on any atom is -0.308 e. The first-order valence-electron chi connectivity index (χ1n) is 5.70. The first-order valence-corrected chi connectivity index (χ1v) is 7.31. The highest BCUT2D eigenvalue weighted by Gasteiger charge is 2.37. The van der Waals surface area contributed by atoms with Crippen LogP contribution in [0.1, 0.15) is 31.9 Å². The van der Waals surface area contributed by atoms with E-state index < -0.39 is 13.7 Å². The van der Waals surface area contributed by atoms with Crippen molar-refractivity contribution in [1.29, 1.82) is 0 Å². The second kappa shape index (κ2) is 4.89. The van der Waals surface area contributed by atoms with Crippen LogP contribution in [0.4, 0.5) is 4.39 Å². The first kappa shape index (κ1) is 12.7. The lowest BCUT2D eigenvalue weighted by atomic mass is 10.1. The van der Waals surface area contributed by atoms with Gasteiger partial charge >= 0.3 is 7.60 Å². The average molecular weight is 258 g/mol. The van der Waals surface area contributed by atoms with E-state index in [-0.39, 0.29) is 11.5 Å². The Labute approximate surface area is 100 Å². The Bertz CT molecular complexity index is 447. The van der Waals surface area contributed by atoms with Crippen LogP contribution < -0.4 is 0 Å². The molecule has 2 atom stereocenters. The minimum absolute atomic E-state index is 0.211. The summed E-state index contributed by atoms with van der Waals surface area (Å²) in [5.41, 5.74) is 0.244. The molecule has 2 unspecified atom stereocenters. The standard InChI is InChI=1S/C12H16FO3P/c1-9(2)17(14)15-8-7-12(16-17)10-5-3-4-6-11(10)13/h3-6,9,12H,7-8H2,1-2H3. The zero-order valence-electron chi connectivity index (χ0n) is 9.93. The monoisotopic (exact) mass is 258 g/mol. The molecule has 0 saturated carbocycles. The normalized spacial score (nSPS) is 29.5. The van der Waals surface area contributed by atoms with E-state index in [0.29, 0.717) is 18.6 Å². The largest absolute Gasteiger partial charge is 0.333 e. The highest BCUT2D eigenvalue weighted by molar-refractivity contribution is 7.54. The fourth-order valence-corrected chi connectivity index (χ4v) is 3.30. The maximum atomic E-state index is 13.6. The van der Waals surface area contributed by atoms with Gasteiger partial charge in [-0.1, -0.05) is 32.0 Å². The number of rotatable bonds is 2. The van der Waals surface area contributed by atoms with E-state index in [0.717, 1.165) is 0 Å². The molecule has 17 heavy (non-hydrogen) atoms. The molecular weight excluding hydrogens is 242 g/mol. The van der Waals surface area contributed by atoms with Crippen molar-refractivity contribution in [2.24, 2.45) is 0 Å². The van der Waals surface area contributed by atoms with Crippen molar-refractivity contribution in [3.05, 3.63) is 35.6 Å². The van der Waals surface area contributed by atoms with Gasteiger partial charge in [0.1, 0.15) is 5.82 Å². The molecule has 0 spiro atoms. The summed E-state index contributed by atoms with van der Waals surface area (Å²) in [5.74, 6) is -0.324. The third-order valence-electron chi connectivity index (χ3n) is 2.81. The summed E-state index contributed by atoms with van der Waals surface area (Å²) in [6.07, 6.45) is 0.0515. The summed E-state index contributed by atoms with van der Waals surface area (Å²) >= 11 is 0. The summed E-state index contributed by atoms with van der Waals surface area (Å²) in [7, 11) is -3.09. The van der Waals surface area contributed by atoms with Gasteiger partial charge in [-0.05, 0) is 6.07 Å². The quantitative estimate of drug-likeness (QED) is 0.754. The highest BCUT2D eigenvalue weighted by atomic mass is 31.2. The summed E-state index contributed by atoms with van der Waals surface area (Å²) < 4.78 is 36.6. The molecule has 1 aromatic carbocycles. The molecule has 0 amide bonds. The fraction of sp³-hybridized carbons (Fsp3) is 0.500. The molecular formula is C12H16FO3P. The Kier molecular flexibility index (Phi) is 3.67. The molecule has 0 aliphatic carbocycles. The van der Waals surface area contributed by atoms with E-state index in [9.17, 15) is 8.96 Å². The molecule has 94 valence electrons. The molecule has 0 N–H and O–H groups in total. The molecule has 0 aromatic heterocycles. The Balaban J connectivity index is 2.24. The van der Waals surface area contributed by atoms with Crippen LogP contribution in [-0.2, 0) is 13.6 Å². The van der Waals surface area contributed by atoms with E-state index in [4.69, 9.17) is 9.05 Å². The van der Waals surface area contributed by atoms with Crippen LogP contribution in [-0.4, -0.2) is 12.3 Å². The van der Waals surface area contributed by atoms with Crippen LogP contribution in [0.25, 0.3) is 0 Å². The minimum atomic E-state index is -3.09. The molecule has 1 fully saturated rings. The molecule has 1 aromatic rings. The maximum Gasteiger partial charge on any atom is 0.333 e. The highest BCUT2D eigenvalue weighted by Crippen LogP contribution is 2.59. The van der Waals surface area contributed by atoms with Crippen LogP contribution in [0, 0.1) is 5.82 Å². The SMILES string of the molecule is CC(C)P1(=O)OCCC(c2ccccc2F)O1. The first-order chi connectivity index (χ1) is 8.03. The Morgan fingerprint density at radius 1 is 1.41 bits per heavy atom. The van der Waals surface area contributed by atoms with Crippen molar-refractivity contribution in [2.75, 3.05) is 6.61 Å². The maximum absolute atomic E-state index is 13.6. The van der Waals surface area contributed by atoms with Crippen molar-refractivity contribution < 1.29 is 18.0 Å². The summed E-state index contributed by atoms with van der Waals surface area (Å²) in [6, 6.07) is 6.42. The molecule has 3 nitrogen and oxygen atoms in total. The zero-order valence-corrected chi connectivity index (χ0v) is 10.8. The van der Waals surface area contributed by atoms with Crippen LogP contribution in [0.2, 0.25) is 0 Å². The summed E-state index contributed by atoms with van der Waals surface area (Å²) in [6.45, 7) is 3.91. The van der Waals surface area contributed by atoms with Crippen LogP contribution in [0.3, 0.4) is 0 Å². The number of halogens is 1. The van der Waals surface area contributed by atoms with Crippen LogP contribution >= 0.6 is 7.60 Å². The van der Waals surface area contributed by atoms with Crippen LogP contribution in [0.15, 0.2) is 24.3 Å². The molecule has 1 heterocycles. The van der Waals surface area contributed by atoms with Gasteiger partial charge in [-0.3, -0.25) is 4.57 Å². The van der Waals surface area contributed by atoms with E-state index in [1.807, 2.05) is 0 Å². The van der Waals surface area contributed by atoms with E-state index >= 15 is 0 Å². The summed E-state index contributed by atoms with van der Waals surface area (Å²) in [4.78, 5) is 0. The third-order valence-corrected chi connectivity index (χ3v) is 5.17. The van der Waals surface area contributed by atoms with Crippen molar-refractivity contribution >= 4 is 7.60 Å². The molecule has 0 bridgehead atoms. The van der Waals surface area contributed by atoms with Gasteiger partial charge in [0, 0.05) is 12.0 Å². The topological polar surface area (TPSA) is 35.5 Å². The lowest BCUT2D eigenvalue weighted by Crippen LogP contribution is -2.18. The van der Waals surface area contributed by atoms with Gasteiger partial charge in [0.25, 0.3) is 0 Å². The zero-order chi connectivity index (χ0) is 12.5. The van der Waals surface area contributed by atoms with E-state index in [1.54, 1.807) is 32.0 Å². The van der Waals surface area contributed by atoms with Gasteiger partial charge in [0.15, 0.2) is 0 Å². The number of hydrogen-bond acceptors (Lipinski definition) is 3. The van der Waals surface area contributed by atoms with E-state index in [1.165, 1.54) is 6.07 Å². The Morgan fingerprint density at radius 3 is 2.76 bits per heavy atom. The van der Waals surface area contributed by atoms with Gasteiger partial charge in [-0.15, -0.1) is 0 Å². The molecule has 5 heteroatoms. The number of benzene rings is 1. The molecule has 0 radical (unpaired) electrons. The second-order valence-electron chi connectivity index (χ2n) is 4.37. The second-order valence-corrected chi connectivity index (χ2v) is 6.95. The van der Waals surface area contributed by atoms with Crippen molar-refractivity contribution in [3.63, 3.8) is 0 Å². The van der Waals surface area contributed by atoms with Crippen molar-refractivity contribution in [1.82, 2.24) is 0 Å². The van der Waals surface area contributed by atoms with Gasteiger partial charge in [0.05, 0.1) is 18.4 Å².